The zero-order chi connectivity index (χ0) is 14.9. The van der Waals surface area contributed by atoms with Crippen LogP contribution in [0.3, 0.4) is 0 Å². The molecule has 0 saturated carbocycles. The van der Waals surface area contributed by atoms with Gasteiger partial charge in [-0.3, -0.25) is 9.36 Å². The first kappa shape index (κ1) is 15.0. The molecule has 0 unspecified atom stereocenters. The number of nitrogens with zero attached hydrogens (tertiary/aromatic N) is 1. The molecule has 1 aromatic heterocycles. The van der Waals surface area contributed by atoms with E-state index in [4.69, 9.17) is 9.05 Å². The number of hydrogen-bond acceptors (Lipinski definition) is 4. The van der Waals surface area contributed by atoms with Crippen molar-refractivity contribution in [2.24, 2.45) is 7.05 Å². The van der Waals surface area contributed by atoms with Crippen LogP contribution in [0.2, 0.25) is 0 Å². The van der Waals surface area contributed by atoms with E-state index in [0.717, 1.165) is 16.5 Å². The van der Waals surface area contributed by atoms with E-state index in [9.17, 15) is 9.36 Å². The number of fused-ring (bicyclic) bond motifs is 1. The molecule has 2 rings (SSSR count). The Balaban J connectivity index is 2.48. The number of aromatic nitrogens is 1. The monoisotopic (exact) mass is 295 g/mol. The quantitative estimate of drug-likeness (QED) is 0.628. The van der Waals surface area contributed by atoms with E-state index in [1.165, 1.54) is 14.2 Å². The summed E-state index contributed by atoms with van der Waals surface area (Å²) < 4.78 is 23.6. The van der Waals surface area contributed by atoms with Crippen molar-refractivity contribution in [1.29, 1.82) is 0 Å². The minimum atomic E-state index is -3.35. The van der Waals surface area contributed by atoms with Gasteiger partial charge in [0.1, 0.15) is 6.16 Å². The van der Waals surface area contributed by atoms with Crippen molar-refractivity contribution in [2.75, 3.05) is 20.4 Å². The van der Waals surface area contributed by atoms with Gasteiger partial charge in [-0.05, 0) is 18.6 Å². The first-order valence-electron chi connectivity index (χ1n) is 6.21. The SMILES string of the molecule is COP(=O)(CC(=O)c1c(C)c2ccccc2n1C)OC. The molecular formula is C14H18NO4P. The average Bonchev–Trinajstić information content (AvgIpc) is 2.71. The van der Waals surface area contributed by atoms with Crippen LogP contribution in [-0.4, -0.2) is 30.7 Å². The van der Waals surface area contributed by atoms with Crippen LogP contribution in [0.4, 0.5) is 0 Å². The molecule has 0 aliphatic carbocycles. The molecule has 1 heterocycles. The Hall–Kier alpha value is -1.42. The van der Waals surface area contributed by atoms with Gasteiger partial charge in [0, 0.05) is 32.2 Å². The minimum Gasteiger partial charge on any atom is -0.341 e. The van der Waals surface area contributed by atoms with E-state index in [1.54, 1.807) is 0 Å². The number of benzene rings is 1. The molecule has 1 aromatic carbocycles. The van der Waals surface area contributed by atoms with Gasteiger partial charge in [0.25, 0.3) is 0 Å². The molecular weight excluding hydrogens is 277 g/mol. The average molecular weight is 295 g/mol. The van der Waals surface area contributed by atoms with Crippen LogP contribution in [0.5, 0.6) is 0 Å². The second-order valence-electron chi connectivity index (χ2n) is 4.61. The van der Waals surface area contributed by atoms with E-state index in [1.807, 2.05) is 42.8 Å². The fraction of sp³-hybridized carbons (Fsp3) is 0.357. The first-order chi connectivity index (χ1) is 9.43. The van der Waals surface area contributed by atoms with Gasteiger partial charge in [0.15, 0.2) is 5.78 Å². The van der Waals surface area contributed by atoms with Crippen LogP contribution in [-0.2, 0) is 20.7 Å². The highest BCUT2D eigenvalue weighted by Gasteiger charge is 2.29. The van der Waals surface area contributed by atoms with Crippen molar-refractivity contribution in [2.45, 2.75) is 6.92 Å². The first-order valence-corrected chi connectivity index (χ1v) is 7.94. The van der Waals surface area contributed by atoms with E-state index in [2.05, 4.69) is 0 Å². The Morgan fingerprint density at radius 3 is 2.40 bits per heavy atom. The van der Waals surface area contributed by atoms with E-state index < -0.39 is 7.60 Å². The molecule has 0 atom stereocenters. The lowest BCUT2D eigenvalue weighted by atomic mass is 10.1. The third-order valence-corrected chi connectivity index (χ3v) is 5.30. The molecule has 0 aliphatic heterocycles. The molecule has 0 fully saturated rings. The number of rotatable bonds is 5. The number of Topliss-reactive ketones (excluding diaryl/α,β-unsaturated/α-hetero) is 1. The van der Waals surface area contributed by atoms with Crippen LogP contribution in [0.15, 0.2) is 24.3 Å². The number of para-hydroxylation sites is 1. The summed E-state index contributed by atoms with van der Waals surface area (Å²) in [5.74, 6) is -0.242. The Kier molecular flexibility index (Phi) is 4.14. The molecule has 0 bridgehead atoms. The number of aryl methyl sites for hydroxylation is 2. The smallest absolute Gasteiger partial charge is 0.337 e. The maximum Gasteiger partial charge on any atom is 0.337 e. The van der Waals surface area contributed by atoms with E-state index in [0.29, 0.717) is 5.69 Å². The predicted octanol–water partition coefficient (Wildman–Crippen LogP) is 3.16. The van der Waals surface area contributed by atoms with Gasteiger partial charge >= 0.3 is 7.60 Å². The number of carbonyl (C=O) groups excluding carboxylic acids is 1. The number of carbonyl (C=O) groups is 1. The molecule has 0 aliphatic rings. The van der Waals surface area contributed by atoms with E-state index >= 15 is 0 Å². The highest BCUT2D eigenvalue weighted by Crippen LogP contribution is 2.46. The highest BCUT2D eigenvalue weighted by molar-refractivity contribution is 7.54. The van der Waals surface area contributed by atoms with Crippen molar-refractivity contribution in [3.05, 3.63) is 35.5 Å². The summed E-state index contributed by atoms with van der Waals surface area (Å²) in [7, 11) is 1.05. The molecule has 6 heteroatoms. The predicted molar refractivity (Wildman–Crippen MR) is 78.5 cm³/mol. The third-order valence-electron chi connectivity index (χ3n) is 3.52. The molecule has 0 radical (unpaired) electrons. The fourth-order valence-electron chi connectivity index (χ4n) is 2.43. The van der Waals surface area contributed by atoms with Crippen molar-refractivity contribution < 1.29 is 18.4 Å². The van der Waals surface area contributed by atoms with Gasteiger partial charge in [-0.25, -0.2) is 0 Å². The van der Waals surface area contributed by atoms with Crippen molar-refractivity contribution in [3.63, 3.8) is 0 Å². The molecule has 0 amide bonds. The highest BCUT2D eigenvalue weighted by atomic mass is 31.2. The molecule has 20 heavy (non-hydrogen) atoms. The van der Waals surface area contributed by atoms with E-state index in [-0.39, 0.29) is 11.9 Å². The van der Waals surface area contributed by atoms with Crippen LogP contribution < -0.4 is 0 Å². The van der Waals surface area contributed by atoms with Crippen LogP contribution >= 0.6 is 7.60 Å². The Bertz CT molecular complexity index is 658. The Morgan fingerprint density at radius 1 is 1.25 bits per heavy atom. The lowest BCUT2D eigenvalue weighted by Crippen LogP contribution is -2.13. The van der Waals surface area contributed by atoms with Crippen LogP contribution in [0.1, 0.15) is 16.1 Å². The molecule has 5 nitrogen and oxygen atoms in total. The summed E-state index contributed by atoms with van der Waals surface area (Å²) >= 11 is 0. The maximum atomic E-state index is 12.4. The second-order valence-corrected chi connectivity index (χ2v) is 6.88. The normalized spacial score (nSPS) is 12.0. The lowest BCUT2D eigenvalue weighted by molar-refractivity contribution is 0.100. The molecule has 0 spiro atoms. The summed E-state index contributed by atoms with van der Waals surface area (Å²) in [6.07, 6.45) is -0.259. The molecule has 0 saturated heterocycles. The van der Waals surface area contributed by atoms with Gasteiger partial charge in [-0.2, -0.15) is 0 Å². The zero-order valence-corrected chi connectivity index (χ0v) is 12.9. The summed E-state index contributed by atoms with van der Waals surface area (Å²) in [6, 6.07) is 7.77. The summed E-state index contributed by atoms with van der Waals surface area (Å²) in [5.41, 5.74) is 2.39. The molecule has 2 aromatic rings. The summed E-state index contributed by atoms with van der Waals surface area (Å²) in [6.45, 7) is 1.89. The topological polar surface area (TPSA) is 57.5 Å². The standard InChI is InChI=1S/C14H18NO4P/c1-10-11-7-5-6-8-12(11)15(2)14(10)13(16)9-20(17,18-3)19-4/h5-8H,9H2,1-4H3. The second kappa shape index (κ2) is 5.52. The van der Waals surface area contributed by atoms with Crippen molar-refractivity contribution in [3.8, 4) is 0 Å². The number of ketones is 1. The minimum absolute atomic E-state index is 0.242. The van der Waals surface area contributed by atoms with Crippen LogP contribution in [0, 0.1) is 6.92 Å². The summed E-state index contributed by atoms with van der Waals surface area (Å²) in [4.78, 5) is 12.4. The maximum absolute atomic E-state index is 12.4. The largest absolute Gasteiger partial charge is 0.341 e. The van der Waals surface area contributed by atoms with Crippen LogP contribution in [0.25, 0.3) is 10.9 Å². The lowest BCUT2D eigenvalue weighted by Gasteiger charge is -2.13. The number of hydrogen-bond donors (Lipinski definition) is 0. The van der Waals surface area contributed by atoms with Gasteiger partial charge < -0.3 is 13.6 Å². The zero-order valence-electron chi connectivity index (χ0n) is 12.0. The summed E-state index contributed by atoms with van der Waals surface area (Å²) in [5, 5.41) is 1.02. The van der Waals surface area contributed by atoms with Gasteiger partial charge in [-0.1, -0.05) is 18.2 Å². The van der Waals surface area contributed by atoms with Gasteiger partial charge in [-0.15, -0.1) is 0 Å². The van der Waals surface area contributed by atoms with Gasteiger partial charge in [0.05, 0.1) is 5.69 Å². The third kappa shape index (κ3) is 2.44. The van der Waals surface area contributed by atoms with Crippen molar-refractivity contribution in [1.82, 2.24) is 4.57 Å². The van der Waals surface area contributed by atoms with Gasteiger partial charge in [0.2, 0.25) is 0 Å². The Morgan fingerprint density at radius 2 is 1.85 bits per heavy atom. The Labute approximate surface area is 118 Å². The van der Waals surface area contributed by atoms with Crippen molar-refractivity contribution >= 4 is 24.3 Å². The fourth-order valence-corrected chi connectivity index (χ4v) is 3.34. The molecule has 0 N–H and O–H groups in total. The molecule has 108 valence electrons.